The lowest BCUT2D eigenvalue weighted by atomic mass is 9.75. The monoisotopic (exact) mass is 252 g/mol. The van der Waals surface area contributed by atoms with Crippen molar-refractivity contribution in [1.82, 2.24) is 9.88 Å². The molecule has 1 aliphatic heterocycles. The molecule has 2 aliphatic carbocycles. The number of rotatable bonds is 0. The molecule has 1 saturated carbocycles. The van der Waals surface area contributed by atoms with Crippen LogP contribution < -0.4 is 0 Å². The van der Waals surface area contributed by atoms with E-state index in [-0.39, 0.29) is 10.8 Å². The summed E-state index contributed by atoms with van der Waals surface area (Å²) in [6.45, 7) is 2.16. The first-order valence-corrected chi connectivity index (χ1v) is 6.96. The van der Waals surface area contributed by atoms with Gasteiger partial charge in [-0.25, -0.2) is 0 Å². The lowest BCUT2D eigenvalue weighted by molar-refractivity contribution is -0.133. The van der Waals surface area contributed by atoms with Crippen LogP contribution in [0.25, 0.3) is 10.9 Å². The third kappa shape index (κ3) is 0.797. The van der Waals surface area contributed by atoms with Gasteiger partial charge in [-0.2, -0.15) is 0 Å². The van der Waals surface area contributed by atoms with E-state index >= 15 is 0 Å². The number of aromatic nitrogens is 1. The Kier molecular flexibility index (Phi) is 1.37. The Morgan fingerprint density at radius 2 is 2.26 bits per heavy atom. The van der Waals surface area contributed by atoms with Gasteiger partial charge in [0.05, 0.1) is 5.41 Å². The summed E-state index contributed by atoms with van der Waals surface area (Å²) >= 11 is 0. The van der Waals surface area contributed by atoms with Crippen LogP contribution in [0.1, 0.15) is 24.5 Å². The quantitative estimate of drug-likeness (QED) is 0.766. The number of benzene rings is 1. The van der Waals surface area contributed by atoms with Gasteiger partial charge in [0.15, 0.2) is 0 Å². The highest BCUT2D eigenvalue weighted by Gasteiger charge is 2.79. The van der Waals surface area contributed by atoms with Crippen LogP contribution in [0, 0.1) is 5.41 Å². The van der Waals surface area contributed by atoms with E-state index in [0.717, 1.165) is 12.8 Å². The van der Waals surface area contributed by atoms with Crippen molar-refractivity contribution in [2.75, 3.05) is 7.05 Å². The molecule has 3 heteroatoms. The van der Waals surface area contributed by atoms with E-state index in [0.29, 0.717) is 11.9 Å². The molecule has 3 atom stereocenters. The highest BCUT2D eigenvalue weighted by Crippen LogP contribution is 2.74. The zero-order valence-corrected chi connectivity index (χ0v) is 11.2. The van der Waals surface area contributed by atoms with Crippen molar-refractivity contribution in [3.63, 3.8) is 0 Å². The lowest BCUT2D eigenvalue weighted by Gasteiger charge is -2.33. The van der Waals surface area contributed by atoms with Crippen LogP contribution in [0.5, 0.6) is 0 Å². The maximum atomic E-state index is 12.5. The highest BCUT2D eigenvalue weighted by atomic mass is 16.2. The molecule has 2 unspecified atom stereocenters. The summed E-state index contributed by atoms with van der Waals surface area (Å²) in [5, 5.41) is 1.38. The predicted octanol–water partition coefficient (Wildman–Crippen LogP) is 2.21. The van der Waals surface area contributed by atoms with Crippen LogP contribution in [0.2, 0.25) is 0 Å². The van der Waals surface area contributed by atoms with Gasteiger partial charge in [-0.15, -0.1) is 0 Å². The molecule has 0 bridgehead atoms. The van der Waals surface area contributed by atoms with Crippen molar-refractivity contribution in [2.24, 2.45) is 5.41 Å². The normalized spacial score (nSPS) is 38.5. The minimum Gasteiger partial charge on any atom is -0.361 e. The van der Waals surface area contributed by atoms with Crippen LogP contribution in [0.15, 0.2) is 24.4 Å². The number of carbonyl (C=O) groups is 1. The van der Waals surface area contributed by atoms with E-state index in [2.05, 4.69) is 36.3 Å². The fourth-order valence-electron chi connectivity index (χ4n) is 5.01. The Morgan fingerprint density at radius 3 is 3.11 bits per heavy atom. The topological polar surface area (TPSA) is 36.1 Å². The summed E-state index contributed by atoms with van der Waals surface area (Å²) in [5.74, 6) is 0.337. The number of hydrogen-bond acceptors (Lipinski definition) is 1. The van der Waals surface area contributed by atoms with E-state index in [1.807, 2.05) is 11.9 Å². The van der Waals surface area contributed by atoms with E-state index in [4.69, 9.17) is 0 Å². The van der Waals surface area contributed by atoms with Crippen LogP contribution in [-0.4, -0.2) is 28.9 Å². The smallest absolute Gasteiger partial charge is 0.229 e. The van der Waals surface area contributed by atoms with E-state index in [1.54, 1.807) is 0 Å². The zero-order chi connectivity index (χ0) is 13.0. The Bertz CT molecular complexity index is 761. The summed E-state index contributed by atoms with van der Waals surface area (Å²) < 4.78 is 0. The van der Waals surface area contributed by atoms with Crippen molar-refractivity contribution < 1.29 is 4.79 Å². The van der Waals surface area contributed by atoms with E-state index in [1.165, 1.54) is 22.0 Å². The third-order valence-corrected chi connectivity index (χ3v) is 6.00. The van der Waals surface area contributed by atoms with Crippen molar-refractivity contribution >= 4 is 16.8 Å². The predicted molar refractivity (Wildman–Crippen MR) is 73.0 cm³/mol. The maximum absolute atomic E-state index is 12.5. The fourth-order valence-corrected chi connectivity index (χ4v) is 5.01. The Hall–Kier alpha value is -1.77. The number of nitrogens with zero attached hydrogens (tertiary/aromatic N) is 1. The van der Waals surface area contributed by atoms with Gasteiger partial charge in [0.25, 0.3) is 0 Å². The maximum Gasteiger partial charge on any atom is 0.229 e. The zero-order valence-electron chi connectivity index (χ0n) is 11.2. The molecule has 1 aromatic heterocycles. The number of amides is 1. The van der Waals surface area contributed by atoms with Crippen molar-refractivity contribution in [1.29, 1.82) is 0 Å². The van der Waals surface area contributed by atoms with Gasteiger partial charge >= 0.3 is 0 Å². The van der Waals surface area contributed by atoms with Crippen LogP contribution >= 0.6 is 0 Å². The SMILES string of the molecule is CN1C(=O)C2(C)CC23c2cccc4[nH]cc(c24)C[C@@H]13. The second-order valence-corrected chi connectivity index (χ2v) is 6.66. The van der Waals surface area contributed by atoms with Gasteiger partial charge in [0, 0.05) is 35.6 Å². The molecule has 96 valence electrons. The molecule has 0 radical (unpaired) electrons. The summed E-state index contributed by atoms with van der Waals surface area (Å²) in [6, 6.07) is 6.85. The standard InChI is InChI=1S/C16H16N2O/c1-15-8-16(15)10-4-3-5-11-13(10)9(7-17-11)6-12(16)18(2)14(15)19/h3-5,7,12,17H,6,8H2,1-2H3/t12-,15?,16?/m1/s1. The number of piperidine rings is 1. The molecule has 2 fully saturated rings. The van der Waals surface area contributed by atoms with Crippen molar-refractivity contribution in [3.8, 4) is 0 Å². The molecule has 1 amide bonds. The van der Waals surface area contributed by atoms with Gasteiger partial charge in [0.2, 0.25) is 5.91 Å². The molecular formula is C16H16N2O. The summed E-state index contributed by atoms with van der Waals surface area (Å²) in [4.78, 5) is 17.9. The molecule has 3 nitrogen and oxygen atoms in total. The van der Waals surface area contributed by atoms with Gasteiger partial charge in [-0.3, -0.25) is 4.79 Å². The first kappa shape index (κ1) is 10.1. The second kappa shape index (κ2) is 2.58. The van der Waals surface area contributed by atoms with Gasteiger partial charge in [-0.1, -0.05) is 12.1 Å². The molecule has 1 spiro atoms. The largest absolute Gasteiger partial charge is 0.361 e. The van der Waals surface area contributed by atoms with Crippen LogP contribution in [0.4, 0.5) is 0 Å². The van der Waals surface area contributed by atoms with E-state index in [9.17, 15) is 4.79 Å². The number of likely N-dealkylation sites (tertiary alicyclic amines) is 1. The molecule has 1 N–H and O–H groups in total. The number of aromatic amines is 1. The van der Waals surface area contributed by atoms with Gasteiger partial charge in [0.1, 0.15) is 0 Å². The average Bonchev–Trinajstić information content (AvgIpc) is 2.76. The first-order chi connectivity index (χ1) is 9.09. The van der Waals surface area contributed by atoms with Crippen LogP contribution in [0.3, 0.4) is 0 Å². The fraction of sp³-hybridized carbons (Fsp3) is 0.438. The summed E-state index contributed by atoms with van der Waals surface area (Å²) in [6.07, 6.45) is 4.14. The number of H-pyrrole nitrogens is 1. The van der Waals surface area contributed by atoms with Crippen LogP contribution in [-0.2, 0) is 16.6 Å². The molecule has 1 aromatic carbocycles. The summed E-state index contributed by atoms with van der Waals surface area (Å²) in [5.41, 5.74) is 3.91. The number of likely N-dealkylation sites (N-methyl/N-ethyl adjacent to an activating group) is 1. The lowest BCUT2D eigenvalue weighted by Crippen LogP contribution is -2.41. The molecule has 19 heavy (non-hydrogen) atoms. The first-order valence-electron chi connectivity index (χ1n) is 6.96. The van der Waals surface area contributed by atoms with E-state index < -0.39 is 0 Å². The van der Waals surface area contributed by atoms with Gasteiger partial charge in [-0.05, 0) is 37.0 Å². The number of hydrogen-bond donors (Lipinski definition) is 1. The van der Waals surface area contributed by atoms with Gasteiger partial charge < -0.3 is 9.88 Å². The number of nitrogens with one attached hydrogen (secondary N) is 1. The molecule has 5 rings (SSSR count). The minimum atomic E-state index is -0.157. The Labute approximate surface area is 111 Å². The molecular weight excluding hydrogens is 236 g/mol. The molecule has 2 aromatic rings. The Balaban J connectivity index is 1.90. The minimum absolute atomic E-state index is 0.0769. The molecule has 2 heterocycles. The highest BCUT2D eigenvalue weighted by molar-refractivity contribution is 5.99. The van der Waals surface area contributed by atoms with Crippen molar-refractivity contribution in [3.05, 3.63) is 35.5 Å². The third-order valence-electron chi connectivity index (χ3n) is 6.00. The average molecular weight is 252 g/mol. The Morgan fingerprint density at radius 1 is 1.42 bits per heavy atom. The number of carbonyl (C=O) groups excluding carboxylic acids is 1. The molecule has 1 saturated heterocycles. The summed E-state index contributed by atoms with van der Waals surface area (Å²) in [7, 11) is 1.98. The molecule has 3 aliphatic rings. The second-order valence-electron chi connectivity index (χ2n) is 6.66. The van der Waals surface area contributed by atoms with Crippen molar-refractivity contribution in [2.45, 2.75) is 31.2 Å².